The van der Waals surface area contributed by atoms with Crippen LogP contribution in [0.3, 0.4) is 0 Å². The second-order valence-corrected chi connectivity index (χ2v) is 7.51. The minimum Gasteiger partial charge on any atom is -0.443 e. The van der Waals surface area contributed by atoms with Crippen LogP contribution in [0.2, 0.25) is 0 Å². The number of hydrogen-bond acceptors (Lipinski definition) is 7. The second-order valence-electron chi connectivity index (χ2n) is 7.51. The highest BCUT2D eigenvalue weighted by molar-refractivity contribution is 5.90. The molecule has 11 heteroatoms. The summed E-state index contributed by atoms with van der Waals surface area (Å²) in [6.45, 7) is 2.63. The maximum atomic E-state index is 14.9. The number of rotatable bonds is 5. The fourth-order valence-corrected chi connectivity index (χ4v) is 3.69. The Bertz CT molecular complexity index is 962. The Kier molecular flexibility index (Phi) is 6.66. The molecule has 3 amide bonds. The normalized spacial score (nSPS) is 19.0. The predicted octanol–water partition coefficient (Wildman–Crippen LogP) is 1.04. The summed E-state index contributed by atoms with van der Waals surface area (Å²) in [4.78, 5) is 31.9. The molecule has 0 spiro atoms. The Morgan fingerprint density at radius 2 is 2.16 bits per heavy atom. The number of carbonyl (C=O) groups excluding carboxylic acids is 2. The van der Waals surface area contributed by atoms with Gasteiger partial charge in [0.2, 0.25) is 0 Å². The number of pyridine rings is 1. The molecule has 2 saturated heterocycles. The molecule has 2 aromatic rings. The van der Waals surface area contributed by atoms with Crippen LogP contribution in [0.4, 0.5) is 25.4 Å². The van der Waals surface area contributed by atoms with Crippen LogP contribution in [-0.4, -0.2) is 67.5 Å². The van der Waals surface area contributed by atoms with Gasteiger partial charge in [-0.15, -0.1) is 0 Å². The quantitative estimate of drug-likeness (QED) is 0.632. The van der Waals surface area contributed by atoms with Gasteiger partial charge in [-0.3, -0.25) is 14.9 Å². The lowest BCUT2D eigenvalue weighted by Crippen LogP contribution is -2.48. The van der Waals surface area contributed by atoms with Gasteiger partial charge >= 0.3 is 12.1 Å². The van der Waals surface area contributed by atoms with Crippen molar-refractivity contribution in [1.82, 2.24) is 20.7 Å². The van der Waals surface area contributed by atoms with Crippen LogP contribution in [0.15, 0.2) is 42.6 Å². The van der Waals surface area contributed by atoms with Gasteiger partial charge in [0.25, 0.3) is 0 Å². The summed E-state index contributed by atoms with van der Waals surface area (Å²) in [5.41, 5.74) is 10.2. The van der Waals surface area contributed by atoms with Gasteiger partial charge in [0, 0.05) is 32.4 Å². The summed E-state index contributed by atoms with van der Waals surface area (Å²) in [7, 11) is 0. The van der Waals surface area contributed by atoms with Crippen molar-refractivity contribution in [2.45, 2.75) is 12.6 Å². The number of halogens is 1. The van der Waals surface area contributed by atoms with Crippen LogP contribution in [-0.2, 0) is 11.3 Å². The van der Waals surface area contributed by atoms with Crippen molar-refractivity contribution >= 4 is 23.5 Å². The number of aromatic nitrogens is 1. The van der Waals surface area contributed by atoms with E-state index in [2.05, 4.69) is 15.7 Å². The fourth-order valence-electron chi connectivity index (χ4n) is 3.69. The number of hydrogen-bond donors (Lipinski definition) is 3. The Morgan fingerprint density at radius 3 is 2.88 bits per heavy atom. The van der Waals surface area contributed by atoms with E-state index in [9.17, 15) is 14.0 Å². The molecule has 0 saturated carbocycles. The number of nitrogens with one attached hydrogen (secondary N) is 2. The molecule has 2 fully saturated rings. The molecular formula is C21H26FN7O3. The predicted molar refractivity (Wildman–Crippen MR) is 116 cm³/mol. The van der Waals surface area contributed by atoms with E-state index < -0.39 is 18.0 Å². The highest BCUT2D eigenvalue weighted by Gasteiger charge is 2.32. The molecule has 4 N–H and O–H groups in total. The lowest BCUT2D eigenvalue weighted by Gasteiger charge is -2.24. The van der Waals surface area contributed by atoms with E-state index in [0.717, 1.165) is 5.69 Å². The third-order valence-electron chi connectivity index (χ3n) is 5.39. The largest absolute Gasteiger partial charge is 0.443 e. The van der Waals surface area contributed by atoms with Crippen LogP contribution < -0.4 is 26.3 Å². The monoisotopic (exact) mass is 443 g/mol. The number of amides is 3. The van der Waals surface area contributed by atoms with Crippen LogP contribution in [0.25, 0.3) is 0 Å². The summed E-state index contributed by atoms with van der Waals surface area (Å²) in [5.74, 6) is -0.445. The maximum absolute atomic E-state index is 14.9. The first-order chi connectivity index (χ1) is 15.5. The number of cyclic esters (lactones) is 1. The van der Waals surface area contributed by atoms with Crippen LogP contribution in [0.1, 0.15) is 5.69 Å². The summed E-state index contributed by atoms with van der Waals surface area (Å²) in [6.07, 6.45) is 0.752. The smallest absolute Gasteiger partial charge is 0.414 e. The van der Waals surface area contributed by atoms with Gasteiger partial charge in [0.1, 0.15) is 11.9 Å². The molecule has 170 valence electrons. The molecule has 2 aliphatic rings. The summed E-state index contributed by atoms with van der Waals surface area (Å²) < 4.78 is 20.1. The molecule has 0 aliphatic carbocycles. The van der Waals surface area contributed by atoms with E-state index in [-0.39, 0.29) is 12.6 Å². The van der Waals surface area contributed by atoms with Gasteiger partial charge in [-0.25, -0.2) is 19.4 Å². The number of hydrazine groups is 1. The van der Waals surface area contributed by atoms with Gasteiger partial charge in [-0.2, -0.15) is 0 Å². The molecule has 0 radical (unpaired) electrons. The van der Waals surface area contributed by atoms with Crippen molar-refractivity contribution in [1.29, 1.82) is 0 Å². The SMILES string of the molecule is NC[C@H]1CN(c2ccc(N3CCNN(C(=O)NCc4ccccn4)CC3)c(F)c2)C(=O)O1. The Balaban J connectivity index is 1.36. The first-order valence-electron chi connectivity index (χ1n) is 10.5. The Hall–Kier alpha value is -3.44. The number of benzene rings is 1. The van der Waals surface area contributed by atoms with Crippen LogP contribution >= 0.6 is 0 Å². The van der Waals surface area contributed by atoms with E-state index in [1.54, 1.807) is 18.3 Å². The number of carbonyl (C=O) groups is 2. The van der Waals surface area contributed by atoms with Crippen molar-refractivity contribution < 1.29 is 18.7 Å². The molecule has 2 aliphatic heterocycles. The minimum absolute atomic E-state index is 0.218. The standard InChI is InChI=1S/C21H26FN7O3/c22-18-11-16(28-14-17(12-23)32-21(28)31)4-5-19(18)27-8-7-26-29(10-9-27)20(30)25-13-15-3-1-2-6-24-15/h1-6,11,17,26H,7-10,12-14,23H2,(H,25,30)/t17-/m0/s1. The van der Waals surface area contributed by atoms with Crippen molar-refractivity contribution in [2.75, 3.05) is 49.1 Å². The first kappa shape index (κ1) is 21.8. The van der Waals surface area contributed by atoms with E-state index in [0.29, 0.717) is 50.6 Å². The van der Waals surface area contributed by atoms with Gasteiger partial charge in [0.15, 0.2) is 0 Å². The molecule has 32 heavy (non-hydrogen) atoms. The lowest BCUT2D eigenvalue weighted by molar-refractivity contribution is 0.145. The molecule has 3 heterocycles. The second kappa shape index (κ2) is 9.79. The van der Waals surface area contributed by atoms with Gasteiger partial charge < -0.3 is 20.7 Å². The maximum Gasteiger partial charge on any atom is 0.414 e. The minimum atomic E-state index is -0.529. The third kappa shape index (κ3) is 4.89. The molecule has 1 atom stereocenters. The molecule has 1 aromatic carbocycles. The van der Waals surface area contributed by atoms with Crippen molar-refractivity contribution in [2.24, 2.45) is 5.73 Å². The van der Waals surface area contributed by atoms with E-state index in [1.165, 1.54) is 16.0 Å². The summed E-state index contributed by atoms with van der Waals surface area (Å²) >= 11 is 0. The highest BCUT2D eigenvalue weighted by Crippen LogP contribution is 2.28. The van der Waals surface area contributed by atoms with Crippen molar-refractivity contribution in [3.8, 4) is 0 Å². The van der Waals surface area contributed by atoms with E-state index >= 15 is 0 Å². The summed E-state index contributed by atoms with van der Waals surface area (Å²) in [5, 5.41) is 4.31. The Labute approximate surface area is 185 Å². The fraction of sp³-hybridized carbons (Fsp3) is 0.381. The molecule has 4 rings (SSSR count). The molecular weight excluding hydrogens is 417 g/mol. The number of urea groups is 1. The van der Waals surface area contributed by atoms with E-state index in [4.69, 9.17) is 10.5 Å². The summed E-state index contributed by atoms with van der Waals surface area (Å²) in [6, 6.07) is 9.90. The Morgan fingerprint density at radius 1 is 1.28 bits per heavy atom. The van der Waals surface area contributed by atoms with Crippen molar-refractivity contribution in [3.63, 3.8) is 0 Å². The molecule has 1 aromatic heterocycles. The van der Waals surface area contributed by atoms with Gasteiger partial charge in [-0.1, -0.05) is 6.07 Å². The average Bonchev–Trinajstić information content (AvgIpc) is 3.02. The zero-order valence-corrected chi connectivity index (χ0v) is 17.5. The topological polar surface area (TPSA) is 116 Å². The average molecular weight is 443 g/mol. The van der Waals surface area contributed by atoms with Gasteiger partial charge in [-0.05, 0) is 30.3 Å². The van der Waals surface area contributed by atoms with Gasteiger partial charge in [0.05, 0.1) is 36.7 Å². The van der Waals surface area contributed by atoms with Crippen LogP contribution in [0, 0.1) is 5.82 Å². The number of nitrogens with zero attached hydrogens (tertiary/aromatic N) is 4. The highest BCUT2D eigenvalue weighted by atomic mass is 19.1. The third-order valence-corrected chi connectivity index (χ3v) is 5.39. The lowest BCUT2D eigenvalue weighted by atomic mass is 10.2. The number of anilines is 2. The molecule has 10 nitrogen and oxygen atoms in total. The number of nitrogens with two attached hydrogens (primary N) is 1. The zero-order valence-electron chi connectivity index (χ0n) is 17.5. The van der Waals surface area contributed by atoms with E-state index in [1.807, 2.05) is 23.1 Å². The van der Waals surface area contributed by atoms with Crippen LogP contribution in [0.5, 0.6) is 0 Å². The first-order valence-corrected chi connectivity index (χ1v) is 10.5. The van der Waals surface area contributed by atoms with Crippen molar-refractivity contribution in [3.05, 3.63) is 54.1 Å². The molecule has 0 unspecified atom stereocenters. The number of ether oxygens (including phenoxy) is 1. The molecule has 0 bridgehead atoms. The zero-order chi connectivity index (χ0) is 22.5.